The van der Waals surface area contributed by atoms with Crippen LogP contribution in [0.4, 0.5) is 14.5 Å². The number of amides is 1. The molecule has 21 heavy (non-hydrogen) atoms. The Kier molecular flexibility index (Phi) is 3.92. The summed E-state index contributed by atoms with van der Waals surface area (Å²) >= 11 is 0. The highest BCUT2D eigenvalue weighted by Crippen LogP contribution is 2.22. The van der Waals surface area contributed by atoms with Gasteiger partial charge in [0.2, 0.25) is 0 Å². The Morgan fingerprint density at radius 3 is 2.67 bits per heavy atom. The number of hydrogen-bond acceptors (Lipinski definition) is 4. The van der Waals surface area contributed by atoms with Gasteiger partial charge >= 0.3 is 0 Å². The van der Waals surface area contributed by atoms with Crippen molar-refractivity contribution in [2.45, 2.75) is 6.54 Å². The van der Waals surface area contributed by atoms with Crippen LogP contribution in [0.15, 0.2) is 24.4 Å². The molecule has 2 aromatic rings. The minimum atomic E-state index is -1.39. The van der Waals surface area contributed by atoms with Crippen LogP contribution in [0.3, 0.4) is 0 Å². The van der Waals surface area contributed by atoms with E-state index in [1.54, 1.807) is 19.3 Å². The van der Waals surface area contributed by atoms with Gasteiger partial charge in [0.1, 0.15) is 5.56 Å². The normalized spacial score (nSPS) is 10.4. The zero-order valence-electron chi connectivity index (χ0n) is 10.8. The van der Waals surface area contributed by atoms with Crippen LogP contribution in [0.25, 0.3) is 0 Å². The third-order valence-corrected chi connectivity index (χ3v) is 2.68. The highest BCUT2D eigenvalue weighted by atomic mass is 19.2. The second-order valence-electron chi connectivity index (χ2n) is 4.20. The van der Waals surface area contributed by atoms with E-state index in [-0.39, 0.29) is 6.54 Å². The first-order valence-corrected chi connectivity index (χ1v) is 5.78. The van der Waals surface area contributed by atoms with Crippen LogP contribution in [-0.2, 0) is 13.6 Å². The van der Waals surface area contributed by atoms with Crippen LogP contribution in [0.1, 0.15) is 16.1 Å². The molecule has 0 spiro atoms. The number of nitrogens with zero attached hydrogens (tertiary/aromatic N) is 3. The summed E-state index contributed by atoms with van der Waals surface area (Å²) in [6.07, 6.45) is 1.65. The predicted molar refractivity (Wildman–Crippen MR) is 67.4 cm³/mol. The summed E-state index contributed by atoms with van der Waals surface area (Å²) in [7, 11) is 1.69. The Morgan fingerprint density at radius 1 is 1.43 bits per heavy atom. The highest BCUT2D eigenvalue weighted by Gasteiger charge is 2.23. The van der Waals surface area contributed by atoms with Gasteiger partial charge in [-0.25, -0.2) is 8.78 Å². The van der Waals surface area contributed by atoms with Crippen LogP contribution in [0.5, 0.6) is 0 Å². The molecular weight excluding hydrogens is 286 g/mol. The minimum Gasteiger partial charge on any atom is -0.346 e. The zero-order chi connectivity index (χ0) is 15.6. The molecule has 0 bridgehead atoms. The molecular formula is C12H10F2N4O3. The standard InChI is InChI=1S/C12H10F2N4O3/c1-17-3-2-7(16-17)6-15-12(19)8-4-9(13)10(14)5-11(8)18(20)21/h2-5H,6H2,1H3,(H,15,19). The van der Waals surface area contributed by atoms with Gasteiger partial charge in [-0.2, -0.15) is 5.10 Å². The maximum absolute atomic E-state index is 13.2. The van der Waals surface area contributed by atoms with Gasteiger partial charge in [-0.1, -0.05) is 0 Å². The van der Waals surface area contributed by atoms with Gasteiger partial charge in [-0.3, -0.25) is 19.6 Å². The smallest absolute Gasteiger partial charge is 0.285 e. The molecule has 0 fully saturated rings. The molecule has 7 nitrogen and oxygen atoms in total. The quantitative estimate of drug-likeness (QED) is 0.684. The van der Waals surface area contributed by atoms with E-state index in [1.165, 1.54) is 4.68 Å². The SMILES string of the molecule is Cn1ccc(CNC(=O)c2cc(F)c(F)cc2[N+](=O)[O-])n1. The van der Waals surface area contributed by atoms with Crippen LogP contribution < -0.4 is 5.32 Å². The van der Waals surface area contributed by atoms with Gasteiger partial charge < -0.3 is 5.32 Å². The van der Waals surface area contributed by atoms with Crippen molar-refractivity contribution in [1.82, 2.24) is 15.1 Å². The van der Waals surface area contributed by atoms with Crippen LogP contribution in [-0.4, -0.2) is 20.6 Å². The molecule has 1 heterocycles. The topological polar surface area (TPSA) is 90.1 Å². The summed E-state index contributed by atoms with van der Waals surface area (Å²) in [4.78, 5) is 21.7. The number of aromatic nitrogens is 2. The summed E-state index contributed by atoms with van der Waals surface area (Å²) in [5, 5.41) is 17.1. The van der Waals surface area contributed by atoms with Gasteiger partial charge in [0.15, 0.2) is 11.6 Å². The lowest BCUT2D eigenvalue weighted by molar-refractivity contribution is -0.385. The average Bonchev–Trinajstić information content (AvgIpc) is 2.84. The number of carbonyl (C=O) groups excluding carboxylic acids is 1. The molecule has 0 radical (unpaired) electrons. The Bertz CT molecular complexity index is 715. The molecule has 0 aliphatic heterocycles. The van der Waals surface area contributed by atoms with Gasteiger partial charge in [0.25, 0.3) is 11.6 Å². The number of nitro benzene ring substituents is 1. The maximum Gasteiger partial charge on any atom is 0.285 e. The third-order valence-electron chi connectivity index (χ3n) is 2.68. The number of hydrogen-bond donors (Lipinski definition) is 1. The second-order valence-corrected chi connectivity index (χ2v) is 4.20. The number of nitrogens with one attached hydrogen (secondary N) is 1. The lowest BCUT2D eigenvalue weighted by atomic mass is 10.1. The summed E-state index contributed by atoms with van der Waals surface area (Å²) < 4.78 is 27.7. The molecule has 1 aromatic carbocycles. The number of aryl methyl sites for hydroxylation is 1. The largest absolute Gasteiger partial charge is 0.346 e. The lowest BCUT2D eigenvalue weighted by Gasteiger charge is -2.05. The molecule has 1 aromatic heterocycles. The van der Waals surface area contributed by atoms with E-state index in [4.69, 9.17) is 0 Å². The molecule has 2 rings (SSSR count). The van der Waals surface area contributed by atoms with E-state index in [0.717, 1.165) is 0 Å². The first kappa shape index (κ1) is 14.6. The van der Waals surface area contributed by atoms with E-state index >= 15 is 0 Å². The third kappa shape index (κ3) is 3.19. The van der Waals surface area contributed by atoms with Crippen molar-refractivity contribution in [3.8, 4) is 0 Å². The molecule has 110 valence electrons. The number of benzene rings is 1. The zero-order valence-corrected chi connectivity index (χ0v) is 10.8. The molecule has 0 saturated heterocycles. The molecule has 0 unspecified atom stereocenters. The van der Waals surface area contributed by atoms with Crippen molar-refractivity contribution in [3.63, 3.8) is 0 Å². The van der Waals surface area contributed by atoms with Crippen molar-refractivity contribution in [2.75, 3.05) is 0 Å². The fraction of sp³-hybridized carbons (Fsp3) is 0.167. The molecule has 0 atom stereocenters. The number of nitro groups is 1. The van der Waals surface area contributed by atoms with Crippen molar-refractivity contribution in [3.05, 3.63) is 57.4 Å². The summed E-state index contributed by atoms with van der Waals surface area (Å²) in [6.45, 7) is 0.00975. The van der Waals surface area contributed by atoms with Gasteiger partial charge in [-0.05, 0) is 12.1 Å². The van der Waals surface area contributed by atoms with E-state index in [1.807, 2.05) is 0 Å². The van der Waals surface area contributed by atoms with E-state index in [0.29, 0.717) is 17.8 Å². The number of carbonyl (C=O) groups is 1. The van der Waals surface area contributed by atoms with Crippen molar-refractivity contribution < 1.29 is 18.5 Å². The van der Waals surface area contributed by atoms with Gasteiger partial charge in [-0.15, -0.1) is 0 Å². The Labute approximate surface area is 117 Å². The average molecular weight is 296 g/mol. The summed E-state index contributed by atoms with van der Waals surface area (Å²) in [5.41, 5.74) is -0.821. The minimum absolute atomic E-state index is 0.00975. The van der Waals surface area contributed by atoms with Crippen LogP contribution in [0.2, 0.25) is 0 Å². The fourth-order valence-electron chi connectivity index (χ4n) is 1.69. The monoisotopic (exact) mass is 296 g/mol. The molecule has 1 amide bonds. The van der Waals surface area contributed by atoms with E-state index < -0.39 is 33.7 Å². The van der Waals surface area contributed by atoms with Crippen LogP contribution in [0, 0.1) is 21.7 Å². The van der Waals surface area contributed by atoms with Crippen molar-refractivity contribution in [1.29, 1.82) is 0 Å². The molecule has 0 aliphatic carbocycles. The van der Waals surface area contributed by atoms with Crippen LogP contribution >= 0.6 is 0 Å². The summed E-state index contributed by atoms with van der Waals surface area (Å²) in [6, 6.07) is 2.52. The van der Waals surface area contributed by atoms with E-state index in [9.17, 15) is 23.7 Å². The number of halogens is 2. The molecule has 1 N–H and O–H groups in total. The Morgan fingerprint density at radius 2 is 2.10 bits per heavy atom. The van der Waals surface area contributed by atoms with Gasteiger partial charge in [0, 0.05) is 13.2 Å². The second kappa shape index (κ2) is 5.65. The lowest BCUT2D eigenvalue weighted by Crippen LogP contribution is -2.24. The van der Waals surface area contributed by atoms with Crippen molar-refractivity contribution >= 4 is 11.6 Å². The summed E-state index contributed by atoms with van der Waals surface area (Å²) in [5.74, 6) is -3.60. The van der Waals surface area contributed by atoms with Crippen molar-refractivity contribution in [2.24, 2.45) is 7.05 Å². The fourth-order valence-corrected chi connectivity index (χ4v) is 1.69. The first-order chi connectivity index (χ1) is 9.88. The maximum atomic E-state index is 13.2. The van der Waals surface area contributed by atoms with Gasteiger partial charge in [0.05, 0.1) is 23.2 Å². The molecule has 0 saturated carbocycles. The predicted octanol–water partition coefficient (Wildman–Crippen LogP) is 1.54. The Balaban J connectivity index is 2.22. The van der Waals surface area contributed by atoms with E-state index in [2.05, 4.69) is 10.4 Å². The highest BCUT2D eigenvalue weighted by molar-refractivity contribution is 5.98. The first-order valence-electron chi connectivity index (χ1n) is 5.78. The Hall–Kier alpha value is -2.84. The molecule has 9 heteroatoms. The molecule has 0 aliphatic rings. The number of rotatable bonds is 4.